The Balaban J connectivity index is 2.39. The third kappa shape index (κ3) is 2.57. The number of aliphatic hydroxyl groups excluding tert-OH is 1. The first-order chi connectivity index (χ1) is 8.49. The van der Waals surface area contributed by atoms with Crippen molar-refractivity contribution < 1.29 is 18.3 Å². The summed E-state index contributed by atoms with van der Waals surface area (Å²) in [4.78, 5) is 0. The molecule has 0 radical (unpaired) electrons. The van der Waals surface area contributed by atoms with Crippen molar-refractivity contribution in [3.8, 4) is 0 Å². The molecule has 0 aromatic heterocycles. The van der Waals surface area contributed by atoms with Crippen LogP contribution in [0.5, 0.6) is 0 Å². The lowest BCUT2D eigenvalue weighted by atomic mass is 10.0. The summed E-state index contributed by atoms with van der Waals surface area (Å²) in [5.74, 6) is -4.18. The maximum Gasteiger partial charge on any atom is 0.194 e. The van der Waals surface area contributed by atoms with Crippen LogP contribution in [0, 0.1) is 17.5 Å². The summed E-state index contributed by atoms with van der Waals surface area (Å²) < 4.78 is 39.7. The summed E-state index contributed by atoms with van der Waals surface area (Å²) in [5, 5.41) is 9.95. The second kappa shape index (κ2) is 5.12. The largest absolute Gasteiger partial charge is 0.384 e. The Morgan fingerprint density at radius 1 is 0.889 bits per heavy atom. The quantitative estimate of drug-likeness (QED) is 0.832. The van der Waals surface area contributed by atoms with Crippen LogP contribution >= 0.6 is 15.9 Å². The molecule has 1 nitrogen and oxygen atoms in total. The molecule has 0 spiro atoms. The highest BCUT2D eigenvalue weighted by Gasteiger charge is 2.16. The van der Waals surface area contributed by atoms with Crippen molar-refractivity contribution in [3.05, 3.63) is 69.4 Å². The zero-order valence-corrected chi connectivity index (χ0v) is 10.6. The number of benzene rings is 2. The van der Waals surface area contributed by atoms with Gasteiger partial charge < -0.3 is 5.11 Å². The molecule has 0 heterocycles. The first-order valence-corrected chi connectivity index (χ1v) is 5.86. The van der Waals surface area contributed by atoms with E-state index >= 15 is 0 Å². The predicted octanol–water partition coefficient (Wildman–Crippen LogP) is 3.95. The zero-order valence-electron chi connectivity index (χ0n) is 9.00. The zero-order chi connectivity index (χ0) is 13.3. The molecule has 18 heavy (non-hydrogen) atoms. The van der Waals surface area contributed by atoms with Gasteiger partial charge in [-0.15, -0.1) is 0 Å². The molecule has 0 saturated carbocycles. The molecule has 5 heteroatoms. The third-order valence-corrected chi connectivity index (χ3v) is 3.04. The van der Waals surface area contributed by atoms with E-state index in [1.54, 1.807) is 24.3 Å². The van der Waals surface area contributed by atoms with Crippen LogP contribution in [0.25, 0.3) is 0 Å². The fraction of sp³-hybridized carbons (Fsp3) is 0.0769. The van der Waals surface area contributed by atoms with E-state index in [-0.39, 0.29) is 5.56 Å². The number of rotatable bonds is 2. The normalized spacial score (nSPS) is 12.5. The molecule has 2 aromatic rings. The van der Waals surface area contributed by atoms with Gasteiger partial charge in [0.15, 0.2) is 17.5 Å². The minimum atomic E-state index is -1.54. The van der Waals surface area contributed by atoms with Crippen LogP contribution in [-0.4, -0.2) is 5.11 Å². The summed E-state index contributed by atoms with van der Waals surface area (Å²) in [6.45, 7) is 0. The van der Waals surface area contributed by atoms with E-state index in [0.717, 1.165) is 16.6 Å². The number of aliphatic hydroxyl groups is 1. The van der Waals surface area contributed by atoms with Crippen LogP contribution in [0.2, 0.25) is 0 Å². The molecule has 0 aliphatic carbocycles. The second-order valence-electron chi connectivity index (χ2n) is 3.75. The number of hydrogen-bond donors (Lipinski definition) is 1. The minimum absolute atomic E-state index is 0.0336. The van der Waals surface area contributed by atoms with Gasteiger partial charge in [-0.2, -0.15) is 0 Å². The Labute approximate surface area is 110 Å². The molecule has 0 aliphatic rings. The van der Waals surface area contributed by atoms with Gasteiger partial charge in [0.1, 0.15) is 6.10 Å². The highest BCUT2D eigenvalue weighted by Crippen LogP contribution is 2.25. The van der Waals surface area contributed by atoms with Crippen LogP contribution in [0.1, 0.15) is 17.2 Å². The molecule has 0 amide bonds. The van der Waals surface area contributed by atoms with Crippen LogP contribution in [0.3, 0.4) is 0 Å². The maximum atomic E-state index is 13.0. The van der Waals surface area contributed by atoms with Crippen molar-refractivity contribution in [3.63, 3.8) is 0 Å². The van der Waals surface area contributed by atoms with E-state index in [1.165, 1.54) is 0 Å². The third-order valence-electron chi connectivity index (χ3n) is 2.51. The second-order valence-corrected chi connectivity index (χ2v) is 4.67. The molecule has 0 bridgehead atoms. The average Bonchev–Trinajstić information content (AvgIpc) is 2.35. The van der Waals surface area contributed by atoms with Crippen molar-refractivity contribution in [1.29, 1.82) is 0 Å². The standard InChI is InChI=1S/C13H8BrF3O/c14-9-3-1-7(2-4-9)13(18)8-5-10(15)12(17)11(16)6-8/h1-6,13,18H/t13-/m0/s1. The summed E-state index contributed by atoms with van der Waals surface area (Å²) in [7, 11) is 0. The van der Waals surface area contributed by atoms with Crippen LogP contribution < -0.4 is 0 Å². The first kappa shape index (κ1) is 13.1. The Kier molecular flexibility index (Phi) is 3.73. The molecule has 0 unspecified atom stereocenters. The number of hydrogen-bond acceptors (Lipinski definition) is 1. The van der Waals surface area contributed by atoms with Crippen LogP contribution in [-0.2, 0) is 0 Å². The fourth-order valence-corrected chi connectivity index (χ4v) is 1.83. The topological polar surface area (TPSA) is 20.2 Å². The van der Waals surface area contributed by atoms with Crippen molar-refractivity contribution in [2.24, 2.45) is 0 Å². The number of halogens is 4. The van der Waals surface area contributed by atoms with Gasteiger partial charge >= 0.3 is 0 Å². The Morgan fingerprint density at radius 3 is 1.89 bits per heavy atom. The van der Waals surface area contributed by atoms with Gasteiger partial charge in [0.25, 0.3) is 0 Å². The van der Waals surface area contributed by atoms with Crippen LogP contribution in [0.4, 0.5) is 13.2 Å². The van der Waals surface area contributed by atoms with E-state index in [0.29, 0.717) is 5.56 Å². The molecular formula is C13H8BrF3O. The van der Waals surface area contributed by atoms with Crippen molar-refractivity contribution >= 4 is 15.9 Å². The lowest BCUT2D eigenvalue weighted by molar-refractivity contribution is 0.218. The highest BCUT2D eigenvalue weighted by molar-refractivity contribution is 9.10. The average molecular weight is 317 g/mol. The summed E-state index contributed by atoms with van der Waals surface area (Å²) in [6, 6.07) is 8.15. The van der Waals surface area contributed by atoms with Gasteiger partial charge in [-0.3, -0.25) is 0 Å². The molecule has 1 atom stereocenters. The molecule has 2 aromatic carbocycles. The highest BCUT2D eigenvalue weighted by atomic mass is 79.9. The first-order valence-electron chi connectivity index (χ1n) is 5.07. The maximum absolute atomic E-state index is 13.0. The van der Waals surface area contributed by atoms with Gasteiger partial charge in [-0.05, 0) is 35.4 Å². The predicted molar refractivity (Wildman–Crippen MR) is 64.5 cm³/mol. The fourth-order valence-electron chi connectivity index (χ4n) is 1.57. The van der Waals surface area contributed by atoms with Gasteiger partial charge in [0.05, 0.1) is 0 Å². The van der Waals surface area contributed by atoms with Gasteiger partial charge in [-0.25, -0.2) is 13.2 Å². The van der Waals surface area contributed by atoms with E-state index in [1.807, 2.05) is 0 Å². The minimum Gasteiger partial charge on any atom is -0.384 e. The van der Waals surface area contributed by atoms with E-state index in [4.69, 9.17) is 0 Å². The molecule has 0 saturated heterocycles. The van der Waals surface area contributed by atoms with Crippen molar-refractivity contribution in [2.45, 2.75) is 6.10 Å². The SMILES string of the molecule is O[C@@H](c1ccc(Br)cc1)c1cc(F)c(F)c(F)c1. The summed E-state index contributed by atoms with van der Waals surface area (Å²) in [5.41, 5.74) is 0.428. The molecule has 2 rings (SSSR count). The molecule has 94 valence electrons. The van der Waals surface area contributed by atoms with Crippen molar-refractivity contribution in [1.82, 2.24) is 0 Å². The van der Waals surface area contributed by atoms with Gasteiger partial charge in [0, 0.05) is 4.47 Å². The lowest BCUT2D eigenvalue weighted by Crippen LogP contribution is -2.03. The molecular weight excluding hydrogens is 309 g/mol. The Morgan fingerprint density at radius 2 is 1.39 bits per heavy atom. The monoisotopic (exact) mass is 316 g/mol. The summed E-state index contributed by atoms with van der Waals surface area (Å²) >= 11 is 3.23. The Bertz CT molecular complexity index is 546. The van der Waals surface area contributed by atoms with Gasteiger partial charge in [-0.1, -0.05) is 28.1 Å². The van der Waals surface area contributed by atoms with E-state index < -0.39 is 23.6 Å². The Hall–Kier alpha value is -1.33. The van der Waals surface area contributed by atoms with Crippen LogP contribution in [0.15, 0.2) is 40.9 Å². The van der Waals surface area contributed by atoms with E-state index in [2.05, 4.69) is 15.9 Å². The lowest BCUT2D eigenvalue weighted by Gasteiger charge is -2.12. The van der Waals surface area contributed by atoms with E-state index in [9.17, 15) is 18.3 Å². The van der Waals surface area contributed by atoms with Gasteiger partial charge in [0.2, 0.25) is 0 Å². The smallest absolute Gasteiger partial charge is 0.194 e. The molecule has 0 fully saturated rings. The molecule has 1 N–H and O–H groups in total. The molecule has 0 aliphatic heterocycles. The summed E-state index contributed by atoms with van der Waals surface area (Å²) in [6.07, 6.45) is -1.21. The van der Waals surface area contributed by atoms with Crippen molar-refractivity contribution in [2.75, 3.05) is 0 Å².